The van der Waals surface area contributed by atoms with Gasteiger partial charge >= 0.3 is 0 Å². The molecule has 0 aliphatic heterocycles. The molecule has 2 nitrogen and oxygen atoms in total. The molecule has 0 fully saturated rings. The van der Waals surface area contributed by atoms with Gasteiger partial charge in [-0.05, 0) is 44.8 Å². The Hall–Kier alpha value is -1.16. The highest BCUT2D eigenvalue weighted by atomic mass is 32.1. The number of nitrogens with one attached hydrogen (secondary N) is 1. The van der Waals surface area contributed by atoms with Crippen LogP contribution < -0.4 is 5.32 Å². The maximum absolute atomic E-state index is 3.64. The third kappa shape index (κ3) is 5.27. The van der Waals surface area contributed by atoms with E-state index in [4.69, 9.17) is 0 Å². The summed E-state index contributed by atoms with van der Waals surface area (Å²) in [5.41, 5.74) is 1.50. The number of rotatable bonds is 6. The van der Waals surface area contributed by atoms with Crippen LogP contribution in [0.4, 0.5) is 0 Å². The lowest BCUT2D eigenvalue weighted by molar-refractivity contribution is 0.217. The van der Waals surface area contributed by atoms with Crippen molar-refractivity contribution in [1.82, 2.24) is 10.2 Å². The molecule has 1 heterocycles. The number of hydrogen-bond donors (Lipinski definition) is 1. The summed E-state index contributed by atoms with van der Waals surface area (Å²) in [4.78, 5) is 3.84. The molecular weight excluding hydrogens is 276 g/mol. The Morgan fingerprint density at radius 1 is 1.10 bits per heavy atom. The van der Waals surface area contributed by atoms with Gasteiger partial charge in [0.2, 0.25) is 0 Å². The number of benzene rings is 1. The van der Waals surface area contributed by atoms with Crippen LogP contribution in [0.2, 0.25) is 0 Å². The first-order valence-corrected chi connectivity index (χ1v) is 8.36. The zero-order valence-corrected chi connectivity index (χ0v) is 14.3. The summed E-state index contributed by atoms with van der Waals surface area (Å²) in [5, 5.41) is 5.79. The van der Waals surface area contributed by atoms with Gasteiger partial charge in [0.15, 0.2) is 0 Å². The van der Waals surface area contributed by atoms with Crippen LogP contribution >= 0.6 is 11.3 Å². The van der Waals surface area contributed by atoms with E-state index in [0.29, 0.717) is 6.04 Å². The molecule has 2 aromatic rings. The average Bonchev–Trinajstić information content (AvgIpc) is 2.91. The van der Waals surface area contributed by atoms with Gasteiger partial charge in [-0.2, -0.15) is 0 Å². The van der Waals surface area contributed by atoms with Gasteiger partial charge < -0.3 is 5.32 Å². The Morgan fingerprint density at radius 2 is 1.81 bits per heavy atom. The van der Waals surface area contributed by atoms with Crippen LogP contribution in [0, 0.1) is 0 Å². The molecule has 0 aliphatic rings. The first kappa shape index (κ1) is 16.2. The second-order valence-electron chi connectivity index (χ2n) is 6.55. The van der Waals surface area contributed by atoms with Crippen molar-refractivity contribution in [3.63, 3.8) is 0 Å². The van der Waals surface area contributed by atoms with E-state index in [9.17, 15) is 0 Å². The Morgan fingerprint density at radius 3 is 2.38 bits per heavy atom. The van der Waals surface area contributed by atoms with Crippen molar-refractivity contribution in [3.05, 3.63) is 58.3 Å². The largest absolute Gasteiger partial charge is 0.310 e. The van der Waals surface area contributed by atoms with Gasteiger partial charge in [0.1, 0.15) is 0 Å². The molecule has 2 rings (SSSR count). The van der Waals surface area contributed by atoms with Crippen LogP contribution in [-0.2, 0) is 6.54 Å². The number of nitrogens with zero attached hydrogens (tertiary/aromatic N) is 1. The predicted octanol–water partition coefficient (Wildman–Crippen LogP) is 4.31. The summed E-state index contributed by atoms with van der Waals surface area (Å²) >= 11 is 1.83. The molecule has 0 bridgehead atoms. The Labute approximate surface area is 132 Å². The molecule has 0 saturated carbocycles. The smallest absolute Gasteiger partial charge is 0.0473 e. The Balaban J connectivity index is 2.11. The molecule has 0 aliphatic carbocycles. The molecule has 0 spiro atoms. The van der Waals surface area contributed by atoms with Crippen LogP contribution in [0.1, 0.15) is 37.3 Å². The van der Waals surface area contributed by atoms with Crippen molar-refractivity contribution in [2.24, 2.45) is 0 Å². The van der Waals surface area contributed by atoms with Gasteiger partial charge in [-0.25, -0.2) is 0 Å². The van der Waals surface area contributed by atoms with E-state index in [1.54, 1.807) is 0 Å². The molecule has 1 aromatic heterocycles. The van der Waals surface area contributed by atoms with Crippen molar-refractivity contribution in [1.29, 1.82) is 0 Å². The van der Waals surface area contributed by atoms with Crippen LogP contribution in [0.25, 0.3) is 0 Å². The predicted molar refractivity (Wildman–Crippen MR) is 92.7 cm³/mol. The number of thiophene rings is 1. The van der Waals surface area contributed by atoms with Crippen molar-refractivity contribution in [3.8, 4) is 0 Å². The summed E-state index contributed by atoms with van der Waals surface area (Å²) in [6.07, 6.45) is 0. The fourth-order valence-corrected chi connectivity index (χ4v) is 3.13. The molecule has 1 aromatic carbocycles. The maximum Gasteiger partial charge on any atom is 0.0473 e. The highest BCUT2D eigenvalue weighted by molar-refractivity contribution is 7.09. The van der Waals surface area contributed by atoms with Gasteiger partial charge in [0.05, 0.1) is 0 Å². The molecule has 0 radical (unpaired) electrons. The Bertz CT molecular complexity index is 514. The highest BCUT2D eigenvalue weighted by Crippen LogP contribution is 2.22. The minimum atomic E-state index is 0.136. The molecule has 1 N–H and O–H groups in total. The van der Waals surface area contributed by atoms with Crippen molar-refractivity contribution < 1.29 is 0 Å². The van der Waals surface area contributed by atoms with E-state index in [1.165, 1.54) is 10.4 Å². The fourth-order valence-electron chi connectivity index (χ4n) is 2.36. The third-order valence-electron chi connectivity index (χ3n) is 3.53. The van der Waals surface area contributed by atoms with Crippen molar-refractivity contribution >= 4 is 11.3 Å². The number of likely N-dealkylation sites (N-methyl/N-ethyl adjacent to an activating group) is 1. The maximum atomic E-state index is 3.64. The molecule has 0 amide bonds. The van der Waals surface area contributed by atoms with Crippen LogP contribution in [0.5, 0.6) is 0 Å². The van der Waals surface area contributed by atoms with E-state index < -0.39 is 0 Å². The second kappa shape index (κ2) is 7.21. The van der Waals surface area contributed by atoms with E-state index >= 15 is 0 Å². The van der Waals surface area contributed by atoms with Crippen LogP contribution in [0.3, 0.4) is 0 Å². The lowest BCUT2D eigenvalue weighted by Crippen LogP contribution is -2.42. The molecule has 114 valence electrons. The van der Waals surface area contributed by atoms with Gasteiger partial charge in [-0.3, -0.25) is 4.90 Å². The minimum absolute atomic E-state index is 0.136. The number of hydrogen-bond acceptors (Lipinski definition) is 3. The highest BCUT2D eigenvalue weighted by Gasteiger charge is 2.20. The van der Waals surface area contributed by atoms with Gasteiger partial charge in [0, 0.05) is 29.5 Å². The van der Waals surface area contributed by atoms with Crippen LogP contribution in [0.15, 0.2) is 47.8 Å². The molecule has 0 saturated heterocycles. The standard InChI is InChI=1S/C18H26N2S/c1-18(2,3)19-13-17(15-9-6-5-7-10-15)20(4)14-16-11-8-12-21-16/h5-12,17,19H,13-14H2,1-4H3. The quantitative estimate of drug-likeness (QED) is 0.855. The van der Waals surface area contributed by atoms with Crippen molar-refractivity contribution in [2.45, 2.75) is 38.9 Å². The van der Waals surface area contributed by atoms with Crippen LogP contribution in [-0.4, -0.2) is 24.0 Å². The van der Waals surface area contributed by atoms with Crippen molar-refractivity contribution in [2.75, 3.05) is 13.6 Å². The zero-order valence-electron chi connectivity index (χ0n) is 13.5. The molecular formula is C18H26N2S. The topological polar surface area (TPSA) is 15.3 Å². The summed E-state index contributed by atoms with van der Waals surface area (Å²) in [6, 6.07) is 15.5. The summed E-state index contributed by atoms with van der Waals surface area (Å²) in [6.45, 7) is 8.59. The monoisotopic (exact) mass is 302 g/mol. The zero-order chi connectivity index (χ0) is 15.3. The average molecular weight is 302 g/mol. The van der Waals surface area contributed by atoms with E-state index in [-0.39, 0.29) is 5.54 Å². The summed E-state index contributed by atoms with van der Waals surface area (Å²) < 4.78 is 0. The molecule has 21 heavy (non-hydrogen) atoms. The molecule has 1 unspecified atom stereocenters. The fraction of sp³-hybridized carbons (Fsp3) is 0.444. The summed E-state index contributed by atoms with van der Waals surface area (Å²) in [5.74, 6) is 0. The van der Waals surface area contributed by atoms with Gasteiger partial charge in [0.25, 0.3) is 0 Å². The lowest BCUT2D eigenvalue weighted by atomic mass is 10.0. The molecule has 3 heteroatoms. The first-order valence-electron chi connectivity index (χ1n) is 7.48. The Kier molecular flexibility index (Phi) is 5.57. The van der Waals surface area contributed by atoms with E-state index in [0.717, 1.165) is 13.1 Å². The first-order chi connectivity index (χ1) is 9.96. The van der Waals surface area contributed by atoms with Gasteiger partial charge in [-0.1, -0.05) is 36.4 Å². The summed E-state index contributed by atoms with van der Waals surface area (Å²) in [7, 11) is 2.21. The third-order valence-corrected chi connectivity index (χ3v) is 4.39. The SMILES string of the molecule is CN(Cc1cccs1)C(CNC(C)(C)C)c1ccccc1. The van der Waals surface area contributed by atoms with E-state index in [2.05, 4.69) is 85.9 Å². The van der Waals surface area contributed by atoms with E-state index in [1.807, 2.05) is 11.3 Å². The van der Waals surface area contributed by atoms with Gasteiger partial charge in [-0.15, -0.1) is 11.3 Å². The second-order valence-corrected chi connectivity index (χ2v) is 7.58. The lowest BCUT2D eigenvalue weighted by Gasteiger charge is -2.32. The minimum Gasteiger partial charge on any atom is -0.310 e. The molecule has 1 atom stereocenters. The normalized spacial score (nSPS) is 13.6.